The van der Waals surface area contributed by atoms with Crippen molar-refractivity contribution < 1.29 is 19.4 Å². The molecular weight excluding hydrogens is 616 g/mol. The highest BCUT2D eigenvalue weighted by atomic mass is 16.5. The first-order valence-corrected chi connectivity index (χ1v) is 16.6. The maximum absolute atomic E-state index is 14.6. The molecule has 3 fully saturated rings. The molecule has 1 N–H and O–H groups in total. The minimum atomic E-state index is -1.08. The fourth-order valence-electron chi connectivity index (χ4n) is 7.29. The summed E-state index contributed by atoms with van der Waals surface area (Å²) in [4.78, 5) is 46.3. The van der Waals surface area contributed by atoms with Gasteiger partial charge >= 0.3 is 12.1 Å². The number of likely N-dealkylation sites (tertiary alicyclic amines) is 1. The third-order valence-electron chi connectivity index (χ3n) is 9.89. The minimum absolute atomic E-state index is 0.0192. The summed E-state index contributed by atoms with van der Waals surface area (Å²) in [6, 6.07) is 5.77. The number of anilines is 1. The van der Waals surface area contributed by atoms with Crippen LogP contribution < -0.4 is 15.2 Å². The van der Waals surface area contributed by atoms with Crippen LogP contribution >= 0.6 is 0 Å². The minimum Gasteiger partial charge on any atom is -0.465 e. The second kappa shape index (κ2) is 13.0. The lowest BCUT2D eigenvalue weighted by atomic mass is 10.1. The molecule has 1 amide bonds. The fourth-order valence-corrected chi connectivity index (χ4v) is 7.29. The number of carboxylic acid groups (broad SMARTS) is 1. The Kier molecular flexibility index (Phi) is 8.61. The van der Waals surface area contributed by atoms with Crippen LogP contribution in [0.15, 0.2) is 23.1 Å². The molecule has 0 saturated carbocycles. The van der Waals surface area contributed by atoms with E-state index in [9.17, 15) is 20.0 Å². The summed E-state index contributed by atoms with van der Waals surface area (Å²) in [6.07, 6.45) is 5.57. The van der Waals surface area contributed by atoms with Gasteiger partial charge in [-0.25, -0.2) is 14.5 Å². The largest absolute Gasteiger partial charge is 0.465 e. The van der Waals surface area contributed by atoms with Crippen LogP contribution in [0.2, 0.25) is 0 Å². The zero-order chi connectivity index (χ0) is 33.5. The number of rotatable bonds is 7. The molecule has 3 aliphatic heterocycles. The van der Waals surface area contributed by atoms with E-state index < -0.39 is 12.1 Å². The number of fused-ring (bicyclic) bond motifs is 2. The van der Waals surface area contributed by atoms with E-state index in [4.69, 9.17) is 24.5 Å². The smallest absolute Gasteiger partial charge is 0.407 e. The normalized spacial score (nSPS) is 22.0. The quantitative estimate of drug-likeness (QED) is 0.308. The Hall–Kier alpha value is -4.81. The summed E-state index contributed by atoms with van der Waals surface area (Å²) in [6.45, 7) is 6.44. The van der Waals surface area contributed by atoms with E-state index in [1.807, 2.05) is 28.6 Å². The zero-order valence-electron chi connectivity index (χ0n) is 27.5. The molecule has 3 aliphatic rings. The van der Waals surface area contributed by atoms with E-state index in [1.54, 1.807) is 17.7 Å². The molecule has 252 valence electrons. The van der Waals surface area contributed by atoms with Gasteiger partial charge < -0.3 is 29.3 Å². The first-order valence-electron chi connectivity index (χ1n) is 16.6. The Labute approximate surface area is 277 Å². The van der Waals surface area contributed by atoms with Crippen LogP contribution in [0.5, 0.6) is 6.01 Å². The Morgan fingerprint density at radius 1 is 1.08 bits per heavy atom. The van der Waals surface area contributed by atoms with Crippen molar-refractivity contribution in [2.24, 2.45) is 0 Å². The van der Waals surface area contributed by atoms with Crippen LogP contribution in [0, 0.1) is 25.2 Å². The van der Waals surface area contributed by atoms with Crippen LogP contribution in [-0.4, -0.2) is 109 Å². The predicted octanol–water partition coefficient (Wildman–Crippen LogP) is 3.40. The van der Waals surface area contributed by atoms with Gasteiger partial charge in [0.05, 0.1) is 35.9 Å². The summed E-state index contributed by atoms with van der Waals surface area (Å²) in [5, 5.41) is 24.7. The van der Waals surface area contributed by atoms with Crippen molar-refractivity contribution in [3.8, 4) is 17.8 Å². The Morgan fingerprint density at radius 2 is 1.94 bits per heavy atom. The summed E-state index contributed by atoms with van der Waals surface area (Å²) in [5.41, 5.74) is 2.43. The standard InChI is InChI=1S/C33H40N10O5/c1-20-9-10-25-24(17-35-43(25)26-8-4-5-16-47-26)29(20)42-21(2)36-27-28(31(42)44)37-32(48-19-23-7-6-13-39(23)3)38-30(27)40-14-15-41(33(45)46)22(18-40)11-12-34/h9-10,17,22-23,26H,4-8,11,13-16,18-19H2,1-3H3,(H,45,46)/t22-,23-,26?/m0/s1. The van der Waals surface area contributed by atoms with Gasteiger partial charge in [-0.05, 0) is 71.2 Å². The molecule has 7 rings (SSSR count). The van der Waals surface area contributed by atoms with E-state index >= 15 is 0 Å². The molecule has 0 radical (unpaired) electrons. The van der Waals surface area contributed by atoms with Crippen molar-refractivity contribution in [1.82, 2.24) is 39.1 Å². The molecule has 48 heavy (non-hydrogen) atoms. The van der Waals surface area contributed by atoms with Gasteiger partial charge in [-0.3, -0.25) is 9.36 Å². The molecule has 4 aromatic rings. The lowest BCUT2D eigenvalue weighted by Gasteiger charge is -2.39. The highest BCUT2D eigenvalue weighted by Gasteiger charge is 2.33. The van der Waals surface area contributed by atoms with E-state index in [-0.39, 0.29) is 48.9 Å². The van der Waals surface area contributed by atoms with Crippen molar-refractivity contribution in [3.05, 3.63) is 40.1 Å². The average molecular weight is 657 g/mol. The molecule has 3 aromatic heterocycles. The number of benzene rings is 1. The summed E-state index contributed by atoms with van der Waals surface area (Å²) < 4.78 is 15.7. The highest BCUT2D eigenvalue weighted by molar-refractivity contribution is 5.91. The first kappa shape index (κ1) is 31.8. The van der Waals surface area contributed by atoms with Crippen LogP contribution in [0.25, 0.3) is 27.6 Å². The third kappa shape index (κ3) is 5.68. The van der Waals surface area contributed by atoms with Gasteiger partial charge in [0.2, 0.25) is 0 Å². The highest BCUT2D eigenvalue weighted by Crippen LogP contribution is 2.32. The number of hydrogen-bond donors (Lipinski definition) is 1. The molecule has 1 unspecified atom stereocenters. The Bertz CT molecular complexity index is 1960. The van der Waals surface area contributed by atoms with E-state index in [0.717, 1.165) is 55.1 Å². The van der Waals surface area contributed by atoms with Crippen LogP contribution in [-0.2, 0) is 4.74 Å². The zero-order valence-corrected chi connectivity index (χ0v) is 27.5. The van der Waals surface area contributed by atoms with Crippen molar-refractivity contribution >= 4 is 33.8 Å². The van der Waals surface area contributed by atoms with Crippen LogP contribution in [0.3, 0.4) is 0 Å². The van der Waals surface area contributed by atoms with Crippen molar-refractivity contribution in [2.45, 2.75) is 70.7 Å². The molecule has 0 aliphatic carbocycles. The van der Waals surface area contributed by atoms with E-state index in [1.165, 1.54) is 4.90 Å². The van der Waals surface area contributed by atoms with Crippen molar-refractivity contribution in [2.75, 3.05) is 51.3 Å². The second-order valence-corrected chi connectivity index (χ2v) is 12.9. The number of nitriles is 1. The number of nitrogens with zero attached hydrogens (tertiary/aromatic N) is 10. The number of ether oxygens (including phenoxy) is 2. The summed E-state index contributed by atoms with van der Waals surface area (Å²) in [7, 11) is 2.06. The predicted molar refractivity (Wildman–Crippen MR) is 177 cm³/mol. The van der Waals surface area contributed by atoms with Crippen LogP contribution in [0.1, 0.15) is 56.1 Å². The summed E-state index contributed by atoms with van der Waals surface area (Å²) >= 11 is 0. The fraction of sp³-hybridized carbons (Fsp3) is 0.545. The molecule has 6 heterocycles. The van der Waals surface area contributed by atoms with Gasteiger partial charge in [0.15, 0.2) is 17.6 Å². The lowest BCUT2D eigenvalue weighted by molar-refractivity contribution is -0.0366. The number of likely N-dealkylation sites (N-methyl/N-ethyl adjacent to an activating group) is 1. The molecule has 0 bridgehead atoms. The molecular formula is C33H40N10O5. The van der Waals surface area contributed by atoms with Gasteiger partial charge in [0.25, 0.3) is 5.56 Å². The molecule has 1 aromatic carbocycles. The van der Waals surface area contributed by atoms with Crippen molar-refractivity contribution in [1.29, 1.82) is 5.26 Å². The number of amides is 1. The first-order chi connectivity index (χ1) is 23.2. The van der Waals surface area contributed by atoms with Gasteiger partial charge in [0.1, 0.15) is 17.9 Å². The molecule has 0 spiro atoms. The van der Waals surface area contributed by atoms with Gasteiger partial charge in [-0.15, -0.1) is 0 Å². The molecule has 3 atom stereocenters. The number of piperazine rings is 1. The lowest BCUT2D eigenvalue weighted by Crippen LogP contribution is -2.55. The van der Waals surface area contributed by atoms with Gasteiger partial charge in [0, 0.05) is 37.7 Å². The number of carbonyl (C=O) groups is 1. The maximum Gasteiger partial charge on any atom is 0.407 e. The van der Waals surface area contributed by atoms with Gasteiger partial charge in [-0.1, -0.05) is 6.07 Å². The number of aromatic nitrogens is 6. The second-order valence-electron chi connectivity index (χ2n) is 12.9. The number of hydrogen-bond acceptors (Lipinski definition) is 11. The average Bonchev–Trinajstić information content (AvgIpc) is 3.70. The summed E-state index contributed by atoms with van der Waals surface area (Å²) in [5.74, 6) is 0.820. The Morgan fingerprint density at radius 3 is 2.67 bits per heavy atom. The Balaban J connectivity index is 1.36. The topological polar surface area (TPSA) is 168 Å². The van der Waals surface area contributed by atoms with Gasteiger partial charge in [-0.2, -0.15) is 20.3 Å². The number of aryl methyl sites for hydroxylation is 2. The molecule has 3 saturated heterocycles. The monoisotopic (exact) mass is 656 g/mol. The van der Waals surface area contributed by atoms with E-state index in [0.29, 0.717) is 42.6 Å². The molecule has 15 nitrogen and oxygen atoms in total. The van der Waals surface area contributed by atoms with Crippen molar-refractivity contribution in [3.63, 3.8) is 0 Å². The van der Waals surface area contributed by atoms with Crippen LogP contribution in [0.4, 0.5) is 10.6 Å². The maximum atomic E-state index is 14.6. The molecule has 15 heteroatoms. The SMILES string of the molecule is Cc1ccc2c(cnn2C2CCCCO2)c1-n1c(C)nc2c(N3CCN(C(=O)O)[C@@H](CC#N)C3)nc(OC[C@@H]3CCCN3C)nc2c1=O. The third-order valence-corrected chi connectivity index (χ3v) is 9.89. The van der Waals surface area contributed by atoms with E-state index in [2.05, 4.69) is 23.0 Å².